The van der Waals surface area contributed by atoms with Crippen molar-refractivity contribution in [1.82, 2.24) is 5.32 Å². The minimum absolute atomic E-state index is 0.275. The molecule has 0 aliphatic carbocycles. The summed E-state index contributed by atoms with van der Waals surface area (Å²) in [5.41, 5.74) is -0.681. The molecule has 0 bridgehead atoms. The van der Waals surface area contributed by atoms with Crippen molar-refractivity contribution in [3.63, 3.8) is 0 Å². The van der Waals surface area contributed by atoms with E-state index in [4.69, 9.17) is 0 Å². The van der Waals surface area contributed by atoms with Gasteiger partial charge in [0.25, 0.3) is 0 Å². The molecule has 0 spiro atoms. The highest BCUT2D eigenvalue weighted by molar-refractivity contribution is 8.00. The Balaban J connectivity index is 2.68. The largest absolute Gasteiger partial charge is 0.480 e. The highest BCUT2D eigenvalue weighted by Gasteiger charge is 2.45. The Labute approximate surface area is 89.6 Å². The van der Waals surface area contributed by atoms with Gasteiger partial charge in [-0.2, -0.15) is 11.8 Å². The molecule has 82 valence electrons. The van der Waals surface area contributed by atoms with E-state index in [9.17, 15) is 9.90 Å². The summed E-state index contributed by atoms with van der Waals surface area (Å²) in [6, 6.07) is 0.275. The molecule has 1 fully saturated rings. The van der Waals surface area contributed by atoms with Crippen molar-refractivity contribution in [3.8, 4) is 0 Å². The molecule has 1 aliphatic rings. The van der Waals surface area contributed by atoms with Crippen LogP contribution in [0.1, 0.15) is 33.6 Å². The van der Waals surface area contributed by atoms with E-state index in [1.165, 1.54) is 0 Å². The van der Waals surface area contributed by atoms with E-state index in [0.29, 0.717) is 11.0 Å². The molecule has 1 heterocycles. The molecule has 1 aliphatic heterocycles. The fourth-order valence-corrected chi connectivity index (χ4v) is 3.07. The minimum atomic E-state index is -0.699. The number of carbonyl (C=O) groups is 1. The summed E-state index contributed by atoms with van der Waals surface area (Å²) >= 11 is 1.74. The zero-order chi connectivity index (χ0) is 10.8. The Morgan fingerprint density at radius 3 is 2.79 bits per heavy atom. The van der Waals surface area contributed by atoms with Gasteiger partial charge in [0, 0.05) is 17.0 Å². The van der Waals surface area contributed by atoms with Gasteiger partial charge in [-0.25, -0.2) is 0 Å². The van der Waals surface area contributed by atoms with Crippen molar-refractivity contribution in [1.29, 1.82) is 0 Å². The van der Waals surface area contributed by atoms with Crippen LogP contribution in [0.15, 0.2) is 0 Å². The highest BCUT2D eigenvalue weighted by Crippen LogP contribution is 2.35. The number of aliphatic carboxylic acids is 1. The number of hydrogen-bond donors (Lipinski definition) is 2. The van der Waals surface area contributed by atoms with Crippen LogP contribution < -0.4 is 5.32 Å². The zero-order valence-electron chi connectivity index (χ0n) is 9.04. The van der Waals surface area contributed by atoms with Crippen LogP contribution in [-0.2, 0) is 4.79 Å². The SMILES string of the molecule is CCC(C)NC1(C(=O)O)CSC(C)C1. The van der Waals surface area contributed by atoms with E-state index in [2.05, 4.69) is 19.2 Å². The third kappa shape index (κ3) is 2.42. The second-order valence-electron chi connectivity index (χ2n) is 4.17. The molecule has 1 saturated heterocycles. The lowest BCUT2D eigenvalue weighted by Crippen LogP contribution is -2.55. The van der Waals surface area contributed by atoms with Crippen molar-refractivity contribution in [2.45, 2.75) is 50.4 Å². The summed E-state index contributed by atoms with van der Waals surface area (Å²) in [5.74, 6) is -0.0111. The molecule has 3 unspecified atom stereocenters. The number of carboxylic acids is 1. The lowest BCUT2D eigenvalue weighted by atomic mass is 9.95. The van der Waals surface area contributed by atoms with Crippen molar-refractivity contribution in [2.24, 2.45) is 0 Å². The van der Waals surface area contributed by atoms with E-state index in [1.54, 1.807) is 11.8 Å². The summed E-state index contributed by atoms with van der Waals surface area (Å²) in [6.45, 7) is 6.20. The Kier molecular flexibility index (Phi) is 3.84. The number of hydrogen-bond acceptors (Lipinski definition) is 3. The Hall–Kier alpha value is -0.220. The number of nitrogens with one attached hydrogen (secondary N) is 1. The zero-order valence-corrected chi connectivity index (χ0v) is 9.86. The third-order valence-electron chi connectivity index (χ3n) is 2.79. The van der Waals surface area contributed by atoms with Gasteiger partial charge < -0.3 is 5.11 Å². The van der Waals surface area contributed by atoms with Gasteiger partial charge in [0.05, 0.1) is 0 Å². The molecule has 4 heteroatoms. The molecule has 2 N–H and O–H groups in total. The average molecular weight is 217 g/mol. The minimum Gasteiger partial charge on any atom is -0.480 e. The molecular weight excluding hydrogens is 198 g/mol. The van der Waals surface area contributed by atoms with Crippen LogP contribution in [0, 0.1) is 0 Å². The molecule has 0 aromatic carbocycles. The molecule has 3 atom stereocenters. The lowest BCUT2D eigenvalue weighted by molar-refractivity contribution is -0.144. The van der Waals surface area contributed by atoms with Crippen LogP contribution in [0.2, 0.25) is 0 Å². The van der Waals surface area contributed by atoms with Gasteiger partial charge in [0.1, 0.15) is 5.54 Å². The molecule has 3 nitrogen and oxygen atoms in total. The monoisotopic (exact) mass is 217 g/mol. The van der Waals surface area contributed by atoms with Gasteiger partial charge in [0.2, 0.25) is 0 Å². The maximum absolute atomic E-state index is 11.2. The number of thioether (sulfide) groups is 1. The standard InChI is InChI=1S/C10H19NO2S/c1-4-7(2)11-10(9(12)13)5-8(3)14-6-10/h7-8,11H,4-6H2,1-3H3,(H,12,13). The van der Waals surface area contributed by atoms with Gasteiger partial charge in [0.15, 0.2) is 0 Å². The van der Waals surface area contributed by atoms with Crippen LogP contribution in [0.25, 0.3) is 0 Å². The molecule has 1 rings (SSSR count). The summed E-state index contributed by atoms with van der Waals surface area (Å²) in [5, 5.41) is 12.9. The third-order valence-corrected chi connectivity index (χ3v) is 4.19. The van der Waals surface area contributed by atoms with Gasteiger partial charge >= 0.3 is 5.97 Å². The second kappa shape index (κ2) is 4.53. The summed E-state index contributed by atoms with van der Waals surface area (Å²) < 4.78 is 0. The van der Waals surface area contributed by atoms with Gasteiger partial charge in [-0.05, 0) is 19.8 Å². The van der Waals surface area contributed by atoms with Crippen LogP contribution in [0.5, 0.6) is 0 Å². The van der Waals surface area contributed by atoms with Crippen LogP contribution >= 0.6 is 11.8 Å². The Bertz CT molecular complexity index is 222. The van der Waals surface area contributed by atoms with Gasteiger partial charge in [-0.3, -0.25) is 10.1 Å². The van der Waals surface area contributed by atoms with E-state index in [-0.39, 0.29) is 6.04 Å². The first-order valence-corrected chi connectivity index (χ1v) is 6.17. The Morgan fingerprint density at radius 2 is 2.43 bits per heavy atom. The average Bonchev–Trinajstić information content (AvgIpc) is 2.48. The smallest absolute Gasteiger partial charge is 0.324 e. The fourth-order valence-electron chi connectivity index (χ4n) is 1.78. The molecule has 0 radical (unpaired) electrons. The van der Waals surface area contributed by atoms with Crippen molar-refractivity contribution >= 4 is 17.7 Å². The molecule has 0 aromatic rings. The summed E-state index contributed by atoms with van der Waals surface area (Å²) in [7, 11) is 0. The van der Waals surface area contributed by atoms with E-state index in [1.807, 2.05) is 6.92 Å². The Morgan fingerprint density at radius 1 is 1.79 bits per heavy atom. The topological polar surface area (TPSA) is 49.3 Å². The maximum atomic E-state index is 11.2. The normalized spacial score (nSPS) is 34.4. The predicted octanol–water partition coefficient (Wildman–Crippen LogP) is 1.72. The first-order chi connectivity index (χ1) is 6.50. The van der Waals surface area contributed by atoms with Crippen LogP contribution in [0.4, 0.5) is 0 Å². The van der Waals surface area contributed by atoms with Crippen molar-refractivity contribution in [3.05, 3.63) is 0 Å². The van der Waals surface area contributed by atoms with E-state index in [0.717, 1.165) is 12.8 Å². The van der Waals surface area contributed by atoms with E-state index < -0.39 is 11.5 Å². The molecule has 14 heavy (non-hydrogen) atoms. The summed E-state index contributed by atoms with van der Waals surface area (Å²) in [6.07, 6.45) is 1.70. The van der Waals surface area contributed by atoms with Crippen molar-refractivity contribution < 1.29 is 9.90 Å². The van der Waals surface area contributed by atoms with Crippen LogP contribution in [-0.4, -0.2) is 33.7 Å². The maximum Gasteiger partial charge on any atom is 0.324 e. The van der Waals surface area contributed by atoms with E-state index >= 15 is 0 Å². The molecule has 0 saturated carbocycles. The highest BCUT2D eigenvalue weighted by atomic mass is 32.2. The predicted molar refractivity (Wildman–Crippen MR) is 59.8 cm³/mol. The first-order valence-electron chi connectivity index (χ1n) is 5.13. The number of rotatable bonds is 4. The van der Waals surface area contributed by atoms with Gasteiger partial charge in [-0.15, -0.1) is 0 Å². The van der Waals surface area contributed by atoms with Gasteiger partial charge in [-0.1, -0.05) is 13.8 Å². The van der Waals surface area contributed by atoms with Crippen LogP contribution in [0.3, 0.4) is 0 Å². The first kappa shape index (κ1) is 11.9. The second-order valence-corrected chi connectivity index (χ2v) is 5.59. The lowest BCUT2D eigenvalue weighted by Gasteiger charge is -2.28. The summed E-state index contributed by atoms with van der Waals surface area (Å²) in [4.78, 5) is 11.2. The molecular formula is C10H19NO2S. The number of carboxylic acid groups (broad SMARTS) is 1. The quantitative estimate of drug-likeness (QED) is 0.753. The molecule has 0 amide bonds. The fraction of sp³-hybridized carbons (Fsp3) is 0.900. The molecule has 0 aromatic heterocycles. The van der Waals surface area contributed by atoms with Crippen molar-refractivity contribution in [2.75, 3.05) is 5.75 Å².